The number of nitrogens with one attached hydrogen (secondary N) is 1. The number of benzene rings is 2. The van der Waals surface area contributed by atoms with Gasteiger partial charge >= 0.3 is 5.97 Å². The summed E-state index contributed by atoms with van der Waals surface area (Å²) in [7, 11) is 2.73. The van der Waals surface area contributed by atoms with Crippen molar-refractivity contribution < 1.29 is 33.3 Å². The number of nitrogens with zero attached hydrogens (tertiary/aromatic N) is 1. The van der Waals surface area contributed by atoms with E-state index in [1.165, 1.54) is 19.1 Å². The van der Waals surface area contributed by atoms with Gasteiger partial charge in [-0.15, -0.1) is 12.4 Å². The molecule has 0 unspecified atom stereocenters. The average molecular weight is 495 g/mol. The van der Waals surface area contributed by atoms with Crippen LogP contribution < -0.4 is 14.2 Å². The maximum Gasteiger partial charge on any atom is 0.341 e. The summed E-state index contributed by atoms with van der Waals surface area (Å²) in [4.78, 5) is 25.4. The van der Waals surface area contributed by atoms with Gasteiger partial charge in [0.2, 0.25) is 0 Å². The number of hydrogen-bond acceptors (Lipinski definition) is 6. The lowest BCUT2D eigenvalue weighted by Crippen LogP contribution is -2.30. The van der Waals surface area contributed by atoms with Crippen molar-refractivity contribution in [3.05, 3.63) is 52.3 Å². The van der Waals surface area contributed by atoms with E-state index < -0.39 is 23.8 Å². The van der Waals surface area contributed by atoms with Crippen molar-refractivity contribution in [1.82, 2.24) is 4.90 Å². The summed E-state index contributed by atoms with van der Waals surface area (Å²) in [5, 5.41) is 17.3. The third-order valence-electron chi connectivity index (χ3n) is 5.40. The Labute approximate surface area is 203 Å². The smallest absolute Gasteiger partial charge is 0.341 e. The number of ether oxygens (including phenoxy) is 3. The molecule has 0 bridgehead atoms. The second-order valence-corrected chi connectivity index (χ2v) is 8.73. The molecule has 2 N–H and O–H groups in total. The molecule has 0 aliphatic carbocycles. The summed E-state index contributed by atoms with van der Waals surface area (Å²) in [6, 6.07) is 6.44. The van der Waals surface area contributed by atoms with Crippen molar-refractivity contribution in [1.29, 1.82) is 5.41 Å². The molecule has 1 aliphatic heterocycles. The highest BCUT2D eigenvalue weighted by Crippen LogP contribution is 2.38. The Morgan fingerprint density at radius 1 is 1.15 bits per heavy atom. The number of carbonyl (C=O) groups excluding carboxylic acids is 1. The number of methoxy groups -OCH3 is 2. The zero-order valence-electron chi connectivity index (χ0n) is 19.7. The quantitative estimate of drug-likeness (QED) is 0.533. The number of Topliss-reactive ketones (excluding diaryl/α,β-unsaturated/α-hetero) is 1. The number of amidine groups is 1. The van der Waals surface area contributed by atoms with E-state index in [2.05, 4.69) is 0 Å². The Hall–Kier alpha value is -3.33. The van der Waals surface area contributed by atoms with Gasteiger partial charge in [0.05, 0.1) is 26.3 Å². The first-order valence-electron chi connectivity index (χ1n) is 10.3. The Kier molecular flexibility index (Phi) is 8.15. The lowest BCUT2D eigenvalue weighted by atomic mass is 9.85. The van der Waals surface area contributed by atoms with Gasteiger partial charge in [-0.3, -0.25) is 10.2 Å². The summed E-state index contributed by atoms with van der Waals surface area (Å²) in [6.07, 6.45) is 0. The first-order chi connectivity index (χ1) is 15.5. The molecule has 0 saturated heterocycles. The zero-order valence-corrected chi connectivity index (χ0v) is 20.5. The van der Waals surface area contributed by atoms with Crippen molar-refractivity contribution >= 4 is 30.0 Å². The molecule has 0 amide bonds. The molecule has 3 rings (SSSR count). The van der Waals surface area contributed by atoms with E-state index in [-0.39, 0.29) is 54.2 Å². The third-order valence-corrected chi connectivity index (χ3v) is 5.40. The lowest BCUT2D eigenvalue weighted by Gasteiger charge is -2.24. The summed E-state index contributed by atoms with van der Waals surface area (Å²) in [6.45, 7) is 5.36. The molecule has 0 aromatic heterocycles. The maximum absolute atomic E-state index is 15.0. The van der Waals surface area contributed by atoms with Crippen LogP contribution in [-0.2, 0) is 16.8 Å². The number of ketones is 1. The number of hydrogen-bond donors (Lipinski definition) is 2. The van der Waals surface area contributed by atoms with Gasteiger partial charge in [0.25, 0.3) is 0 Å². The van der Waals surface area contributed by atoms with E-state index in [1.807, 2.05) is 20.8 Å². The monoisotopic (exact) mass is 494 g/mol. The van der Waals surface area contributed by atoms with Crippen molar-refractivity contribution in [2.75, 3.05) is 27.4 Å². The molecule has 184 valence electrons. The highest BCUT2D eigenvalue weighted by atomic mass is 35.5. The first-order valence-corrected chi connectivity index (χ1v) is 10.3. The van der Waals surface area contributed by atoms with Gasteiger partial charge in [-0.2, -0.15) is 0 Å². The van der Waals surface area contributed by atoms with E-state index in [0.29, 0.717) is 22.4 Å². The molecule has 0 radical (unpaired) electrons. The number of fused-ring (bicyclic) bond motifs is 1. The minimum atomic E-state index is -1.09. The standard InChI is InChI=1S/C24H27FN2O6.ClH/c1-24(2,3)15-8-13(6-7-17(15)33-12-19(29)30)16(28)11-27-10-14-9-18(31-4)22(32-5)21(25)20(14)23(27)26;/h6-9,26H,10-12H2,1-5H3,(H,29,30);1H. The summed E-state index contributed by atoms with van der Waals surface area (Å²) >= 11 is 0. The topological polar surface area (TPSA) is 109 Å². The van der Waals surface area contributed by atoms with E-state index in [4.69, 9.17) is 24.7 Å². The Morgan fingerprint density at radius 3 is 2.38 bits per heavy atom. The minimum Gasteiger partial charge on any atom is -0.493 e. The van der Waals surface area contributed by atoms with Crippen molar-refractivity contribution in [3.8, 4) is 17.2 Å². The molecular weight excluding hydrogens is 467 g/mol. The normalized spacial score (nSPS) is 12.6. The molecule has 1 aliphatic rings. The fourth-order valence-corrected chi connectivity index (χ4v) is 3.78. The SMILES string of the molecule is COc1cc2c(c(F)c1OC)C(=N)N(CC(=O)c1ccc(OCC(=O)O)c(C(C)(C)C)c1)C2.Cl. The van der Waals surface area contributed by atoms with Crippen LogP contribution >= 0.6 is 12.4 Å². The summed E-state index contributed by atoms with van der Waals surface area (Å²) in [5.74, 6) is -1.62. The highest BCUT2D eigenvalue weighted by molar-refractivity contribution is 6.06. The molecule has 2 aromatic rings. The van der Waals surface area contributed by atoms with Crippen LogP contribution in [0.4, 0.5) is 4.39 Å². The van der Waals surface area contributed by atoms with Crippen LogP contribution in [0.2, 0.25) is 0 Å². The van der Waals surface area contributed by atoms with Gasteiger partial charge in [0, 0.05) is 17.7 Å². The average Bonchev–Trinajstić information content (AvgIpc) is 3.06. The molecule has 0 spiro atoms. The van der Waals surface area contributed by atoms with Crippen LogP contribution in [0.3, 0.4) is 0 Å². The summed E-state index contributed by atoms with van der Waals surface area (Å²) in [5.41, 5.74) is 1.30. The maximum atomic E-state index is 15.0. The summed E-state index contributed by atoms with van der Waals surface area (Å²) < 4.78 is 30.6. The van der Waals surface area contributed by atoms with Crippen LogP contribution in [0.1, 0.15) is 47.8 Å². The largest absolute Gasteiger partial charge is 0.493 e. The van der Waals surface area contributed by atoms with Crippen LogP contribution in [0.25, 0.3) is 0 Å². The third kappa shape index (κ3) is 5.25. The van der Waals surface area contributed by atoms with Crippen molar-refractivity contribution in [3.63, 3.8) is 0 Å². The molecule has 10 heteroatoms. The Morgan fingerprint density at radius 2 is 1.82 bits per heavy atom. The molecular formula is C24H28ClFN2O6. The first kappa shape index (κ1) is 26.9. The highest BCUT2D eigenvalue weighted by Gasteiger charge is 2.33. The van der Waals surface area contributed by atoms with Gasteiger partial charge in [-0.05, 0) is 35.2 Å². The predicted molar refractivity (Wildman–Crippen MR) is 127 cm³/mol. The lowest BCUT2D eigenvalue weighted by molar-refractivity contribution is -0.139. The van der Waals surface area contributed by atoms with E-state index in [9.17, 15) is 14.0 Å². The van der Waals surface area contributed by atoms with Crippen molar-refractivity contribution in [2.24, 2.45) is 0 Å². The number of aliphatic carboxylic acids is 1. The van der Waals surface area contributed by atoms with E-state index >= 15 is 0 Å². The molecule has 0 saturated carbocycles. The molecule has 1 heterocycles. The van der Waals surface area contributed by atoms with Crippen LogP contribution in [0, 0.1) is 11.2 Å². The van der Waals surface area contributed by atoms with Gasteiger partial charge < -0.3 is 24.2 Å². The van der Waals surface area contributed by atoms with Gasteiger partial charge in [-0.1, -0.05) is 20.8 Å². The van der Waals surface area contributed by atoms with Gasteiger partial charge in [0.1, 0.15) is 11.6 Å². The number of rotatable bonds is 8. The van der Waals surface area contributed by atoms with Gasteiger partial charge in [-0.25, -0.2) is 9.18 Å². The molecule has 34 heavy (non-hydrogen) atoms. The number of carboxylic acids is 1. The zero-order chi connectivity index (χ0) is 24.5. The minimum absolute atomic E-state index is 0. The molecule has 0 atom stereocenters. The second kappa shape index (κ2) is 10.3. The fraction of sp³-hybridized carbons (Fsp3) is 0.375. The second-order valence-electron chi connectivity index (χ2n) is 8.73. The molecule has 0 fully saturated rings. The Bertz CT molecular complexity index is 1130. The van der Waals surface area contributed by atoms with Crippen LogP contribution in [0.5, 0.6) is 17.2 Å². The van der Waals surface area contributed by atoms with E-state index in [1.54, 1.807) is 24.3 Å². The van der Waals surface area contributed by atoms with Crippen LogP contribution in [-0.4, -0.2) is 55.0 Å². The van der Waals surface area contributed by atoms with Crippen molar-refractivity contribution in [2.45, 2.75) is 32.7 Å². The van der Waals surface area contributed by atoms with Crippen LogP contribution in [0.15, 0.2) is 24.3 Å². The predicted octanol–water partition coefficient (Wildman–Crippen LogP) is 4.05. The Balaban J connectivity index is 0.00000408. The molecule has 2 aromatic carbocycles. The number of carbonyl (C=O) groups is 2. The molecule has 8 nitrogen and oxygen atoms in total. The number of halogens is 2. The number of carboxylic acid groups (broad SMARTS) is 1. The fourth-order valence-electron chi connectivity index (χ4n) is 3.78. The van der Waals surface area contributed by atoms with E-state index in [0.717, 1.165) is 0 Å². The van der Waals surface area contributed by atoms with Gasteiger partial charge in [0.15, 0.2) is 29.7 Å².